The molecule has 0 aromatic heterocycles. The smallest absolute Gasteiger partial charge is 0.0576 e. The third-order valence-corrected chi connectivity index (χ3v) is 4.68. The van der Waals surface area contributed by atoms with Crippen molar-refractivity contribution in [3.63, 3.8) is 0 Å². The van der Waals surface area contributed by atoms with Crippen LogP contribution in [0, 0.1) is 5.41 Å². The third kappa shape index (κ3) is 4.25. The van der Waals surface area contributed by atoms with Gasteiger partial charge in [-0.05, 0) is 43.9 Å². The molecule has 1 saturated heterocycles. The molecule has 2 heteroatoms. The first kappa shape index (κ1) is 14.3. The molecule has 1 nitrogen and oxygen atoms in total. The third-order valence-electron chi connectivity index (χ3n) is 4.11. The summed E-state index contributed by atoms with van der Waals surface area (Å²) >= 11 is 6.20. The first-order chi connectivity index (χ1) is 7.76. The van der Waals surface area contributed by atoms with E-state index in [-0.39, 0.29) is 0 Å². The Morgan fingerprint density at radius 2 is 2.12 bits per heavy atom. The number of unbranched alkanes of at least 4 members (excludes halogenated alkanes) is 1. The van der Waals surface area contributed by atoms with Crippen molar-refractivity contribution < 1.29 is 4.74 Å². The fourth-order valence-corrected chi connectivity index (χ4v) is 3.05. The maximum absolute atomic E-state index is 6.20. The molecule has 0 aromatic carbocycles. The largest absolute Gasteiger partial charge is 0.378 e. The van der Waals surface area contributed by atoms with Crippen molar-refractivity contribution in [3.8, 4) is 0 Å². The lowest BCUT2D eigenvalue weighted by Gasteiger charge is -2.31. The first-order valence-electron chi connectivity index (χ1n) is 6.94. The summed E-state index contributed by atoms with van der Waals surface area (Å²) in [6.07, 6.45) is 10.6. The van der Waals surface area contributed by atoms with E-state index in [1.165, 1.54) is 51.4 Å². The van der Waals surface area contributed by atoms with Crippen molar-refractivity contribution in [2.24, 2.45) is 5.41 Å². The van der Waals surface area contributed by atoms with E-state index in [4.69, 9.17) is 16.3 Å². The van der Waals surface area contributed by atoms with Gasteiger partial charge in [0.2, 0.25) is 0 Å². The van der Waals surface area contributed by atoms with E-state index in [2.05, 4.69) is 13.8 Å². The van der Waals surface area contributed by atoms with Gasteiger partial charge in [-0.3, -0.25) is 0 Å². The highest BCUT2D eigenvalue weighted by molar-refractivity contribution is 6.18. The molecule has 16 heavy (non-hydrogen) atoms. The molecule has 1 heterocycles. The van der Waals surface area contributed by atoms with E-state index in [9.17, 15) is 0 Å². The normalized spacial score (nSPS) is 24.6. The maximum Gasteiger partial charge on any atom is 0.0576 e. The lowest BCUT2D eigenvalue weighted by Crippen LogP contribution is -2.24. The van der Waals surface area contributed by atoms with Crippen LogP contribution >= 0.6 is 11.6 Å². The average molecular weight is 247 g/mol. The van der Waals surface area contributed by atoms with Crippen LogP contribution in [0.25, 0.3) is 0 Å². The second kappa shape index (κ2) is 7.55. The van der Waals surface area contributed by atoms with E-state index in [1.54, 1.807) is 0 Å². The van der Waals surface area contributed by atoms with Crippen molar-refractivity contribution in [3.05, 3.63) is 0 Å². The molecule has 0 saturated carbocycles. The highest BCUT2D eigenvalue weighted by Crippen LogP contribution is 2.37. The van der Waals surface area contributed by atoms with Gasteiger partial charge in [0.05, 0.1) is 6.10 Å². The van der Waals surface area contributed by atoms with E-state index < -0.39 is 0 Å². The Morgan fingerprint density at radius 3 is 2.62 bits per heavy atom. The molecule has 0 aliphatic carbocycles. The Kier molecular flexibility index (Phi) is 6.75. The lowest BCUT2D eigenvalue weighted by molar-refractivity contribution is 0.0874. The summed E-state index contributed by atoms with van der Waals surface area (Å²) < 4.78 is 5.70. The Hall–Kier alpha value is 0.250. The van der Waals surface area contributed by atoms with Gasteiger partial charge in [-0.1, -0.05) is 26.7 Å². The number of hydrogen-bond donors (Lipinski definition) is 0. The Balaban J connectivity index is 2.35. The molecule has 2 atom stereocenters. The zero-order valence-corrected chi connectivity index (χ0v) is 11.7. The molecule has 2 unspecified atom stereocenters. The molecular weight excluding hydrogens is 220 g/mol. The summed E-state index contributed by atoms with van der Waals surface area (Å²) in [6, 6.07) is 0. The molecule has 0 spiro atoms. The van der Waals surface area contributed by atoms with Crippen LogP contribution in [-0.2, 0) is 4.74 Å². The van der Waals surface area contributed by atoms with Crippen LogP contribution in [0.5, 0.6) is 0 Å². The van der Waals surface area contributed by atoms with Gasteiger partial charge < -0.3 is 4.74 Å². The van der Waals surface area contributed by atoms with Gasteiger partial charge in [0, 0.05) is 12.5 Å². The van der Waals surface area contributed by atoms with Gasteiger partial charge in [-0.25, -0.2) is 0 Å². The molecular formula is C14H27ClO. The minimum Gasteiger partial charge on any atom is -0.378 e. The molecule has 0 N–H and O–H groups in total. The van der Waals surface area contributed by atoms with Gasteiger partial charge in [-0.2, -0.15) is 0 Å². The van der Waals surface area contributed by atoms with Gasteiger partial charge in [-0.15, -0.1) is 11.6 Å². The maximum atomic E-state index is 6.20. The number of rotatable bonds is 8. The highest BCUT2D eigenvalue weighted by atomic mass is 35.5. The predicted molar refractivity (Wildman–Crippen MR) is 71.2 cm³/mol. The Bertz CT molecular complexity index is 172. The van der Waals surface area contributed by atoms with Gasteiger partial charge in [0.15, 0.2) is 0 Å². The topological polar surface area (TPSA) is 9.23 Å². The summed E-state index contributed by atoms with van der Waals surface area (Å²) in [5.74, 6) is 0.816. The van der Waals surface area contributed by atoms with Gasteiger partial charge in [0.25, 0.3) is 0 Å². The van der Waals surface area contributed by atoms with Crippen molar-refractivity contribution in [1.29, 1.82) is 0 Å². The fraction of sp³-hybridized carbons (Fsp3) is 1.00. The highest BCUT2D eigenvalue weighted by Gasteiger charge is 2.28. The van der Waals surface area contributed by atoms with Crippen LogP contribution in [0.4, 0.5) is 0 Å². The minimum atomic E-state index is 0.378. The van der Waals surface area contributed by atoms with Crippen LogP contribution < -0.4 is 0 Å². The lowest BCUT2D eigenvalue weighted by atomic mass is 9.77. The van der Waals surface area contributed by atoms with E-state index in [1.807, 2.05) is 0 Å². The number of alkyl halides is 1. The standard InChI is InChI=1S/C14H27ClO/c1-3-5-9-14(4-2,12-15)10-8-13-7-6-11-16-13/h13H,3-12H2,1-2H3. The summed E-state index contributed by atoms with van der Waals surface area (Å²) in [7, 11) is 0. The quantitative estimate of drug-likeness (QED) is 0.561. The predicted octanol–water partition coefficient (Wildman–Crippen LogP) is 4.77. The SMILES string of the molecule is CCCCC(CC)(CCl)CCC1CCCO1. The minimum absolute atomic E-state index is 0.378. The number of ether oxygens (including phenoxy) is 1. The van der Waals surface area contributed by atoms with Crippen LogP contribution in [0.3, 0.4) is 0 Å². The van der Waals surface area contributed by atoms with Crippen molar-refractivity contribution in [1.82, 2.24) is 0 Å². The zero-order valence-electron chi connectivity index (χ0n) is 10.9. The monoisotopic (exact) mass is 246 g/mol. The molecule has 1 aliphatic rings. The second-order valence-electron chi connectivity index (χ2n) is 5.26. The zero-order chi connectivity index (χ0) is 11.9. The number of halogens is 1. The average Bonchev–Trinajstić information content (AvgIpc) is 2.83. The van der Waals surface area contributed by atoms with Crippen LogP contribution in [0.2, 0.25) is 0 Å². The summed E-state index contributed by atoms with van der Waals surface area (Å²) in [6.45, 7) is 5.52. The molecule has 0 bridgehead atoms. The Morgan fingerprint density at radius 1 is 1.31 bits per heavy atom. The van der Waals surface area contributed by atoms with E-state index in [0.717, 1.165) is 12.5 Å². The van der Waals surface area contributed by atoms with Crippen molar-refractivity contribution in [2.45, 2.75) is 71.3 Å². The number of hydrogen-bond acceptors (Lipinski definition) is 1. The molecule has 1 aliphatic heterocycles. The van der Waals surface area contributed by atoms with E-state index in [0.29, 0.717) is 11.5 Å². The molecule has 96 valence electrons. The molecule has 1 rings (SSSR count). The first-order valence-corrected chi connectivity index (χ1v) is 7.47. The van der Waals surface area contributed by atoms with Crippen LogP contribution in [-0.4, -0.2) is 18.6 Å². The Labute approximate surface area is 106 Å². The van der Waals surface area contributed by atoms with Gasteiger partial charge >= 0.3 is 0 Å². The van der Waals surface area contributed by atoms with Crippen LogP contribution in [0.1, 0.15) is 65.2 Å². The van der Waals surface area contributed by atoms with E-state index >= 15 is 0 Å². The second-order valence-corrected chi connectivity index (χ2v) is 5.53. The van der Waals surface area contributed by atoms with Crippen molar-refractivity contribution >= 4 is 11.6 Å². The molecule has 0 amide bonds. The molecule has 1 fully saturated rings. The van der Waals surface area contributed by atoms with Crippen LogP contribution in [0.15, 0.2) is 0 Å². The summed E-state index contributed by atoms with van der Waals surface area (Å²) in [5.41, 5.74) is 0.378. The molecule has 0 aromatic rings. The van der Waals surface area contributed by atoms with Gasteiger partial charge in [0.1, 0.15) is 0 Å². The fourth-order valence-electron chi connectivity index (χ4n) is 2.60. The van der Waals surface area contributed by atoms with Crippen molar-refractivity contribution in [2.75, 3.05) is 12.5 Å². The summed E-state index contributed by atoms with van der Waals surface area (Å²) in [4.78, 5) is 0. The summed E-state index contributed by atoms with van der Waals surface area (Å²) in [5, 5.41) is 0. The molecule has 0 radical (unpaired) electrons.